The first-order chi connectivity index (χ1) is 12.5. The minimum absolute atomic E-state index is 0.215. The Hall–Kier alpha value is -1.76. The van der Waals surface area contributed by atoms with E-state index in [1.165, 1.54) is 18.2 Å². The fraction of sp³-hybridized carbons (Fsp3) is 0.316. The molecule has 0 spiro atoms. The van der Waals surface area contributed by atoms with Gasteiger partial charge in [0.1, 0.15) is 6.04 Å². The van der Waals surface area contributed by atoms with Gasteiger partial charge in [0.15, 0.2) is 0 Å². The lowest BCUT2D eigenvalue weighted by molar-refractivity contribution is -0.117. The Bertz CT molecular complexity index is 941. The second-order valence-electron chi connectivity index (χ2n) is 6.45. The van der Waals surface area contributed by atoms with E-state index in [2.05, 4.69) is 5.32 Å². The van der Waals surface area contributed by atoms with Crippen molar-refractivity contribution in [2.24, 2.45) is 0 Å². The molecule has 0 radical (unpaired) electrons. The number of carbonyl (C=O) groups excluding carboxylic acids is 1. The average molecular weight is 429 g/mol. The molecule has 1 amide bonds. The highest BCUT2D eigenvalue weighted by molar-refractivity contribution is 7.92. The van der Waals surface area contributed by atoms with Crippen molar-refractivity contribution in [2.75, 3.05) is 15.9 Å². The molecule has 5 nitrogen and oxygen atoms in total. The van der Waals surface area contributed by atoms with Crippen LogP contribution in [0.1, 0.15) is 24.5 Å². The van der Waals surface area contributed by atoms with Gasteiger partial charge in [-0.2, -0.15) is 0 Å². The highest BCUT2D eigenvalue weighted by Crippen LogP contribution is 2.30. The van der Waals surface area contributed by atoms with Crippen LogP contribution in [0.2, 0.25) is 10.0 Å². The Kier molecular flexibility index (Phi) is 6.78. The molecule has 1 atom stereocenters. The Morgan fingerprint density at radius 2 is 1.67 bits per heavy atom. The van der Waals surface area contributed by atoms with Crippen molar-refractivity contribution in [3.05, 3.63) is 57.6 Å². The third-order valence-corrected chi connectivity index (χ3v) is 5.90. The summed E-state index contributed by atoms with van der Waals surface area (Å²) in [6, 6.07) is 9.21. The molecule has 27 heavy (non-hydrogen) atoms. The van der Waals surface area contributed by atoms with E-state index in [-0.39, 0.29) is 17.1 Å². The number of anilines is 2. The van der Waals surface area contributed by atoms with Gasteiger partial charge in [-0.15, -0.1) is 0 Å². The number of sulfonamides is 1. The summed E-state index contributed by atoms with van der Waals surface area (Å²) in [6.45, 7) is 5.61. The predicted molar refractivity (Wildman–Crippen MR) is 112 cm³/mol. The molecule has 1 N–H and O–H groups in total. The number of hydrogen-bond donors (Lipinski definition) is 1. The molecule has 0 aliphatic rings. The molecule has 8 heteroatoms. The first-order valence-electron chi connectivity index (χ1n) is 8.36. The Morgan fingerprint density at radius 1 is 1.07 bits per heavy atom. The van der Waals surface area contributed by atoms with Crippen LogP contribution in [0.3, 0.4) is 0 Å². The quantitative estimate of drug-likeness (QED) is 0.718. The number of nitrogens with zero attached hydrogens (tertiary/aromatic N) is 1. The molecule has 146 valence electrons. The Labute approximate surface area is 170 Å². The number of halogens is 2. The molecule has 2 rings (SSSR count). The summed E-state index contributed by atoms with van der Waals surface area (Å²) in [5.41, 5.74) is 2.92. The second kappa shape index (κ2) is 8.50. The molecule has 0 saturated carbocycles. The lowest BCUT2D eigenvalue weighted by Crippen LogP contribution is -2.47. The molecule has 0 aromatic heterocycles. The molecule has 0 aliphatic heterocycles. The molecule has 0 aliphatic carbocycles. The lowest BCUT2D eigenvalue weighted by atomic mass is 10.1. The second-order valence-corrected chi connectivity index (χ2v) is 9.12. The molecule has 0 unspecified atom stereocenters. The van der Waals surface area contributed by atoms with Gasteiger partial charge in [-0.05, 0) is 61.7 Å². The van der Waals surface area contributed by atoms with E-state index in [9.17, 15) is 13.2 Å². The van der Waals surface area contributed by atoms with Gasteiger partial charge in [-0.3, -0.25) is 9.10 Å². The zero-order valence-electron chi connectivity index (χ0n) is 15.6. The molecule has 0 bridgehead atoms. The van der Waals surface area contributed by atoms with Gasteiger partial charge in [0.05, 0.1) is 22.0 Å². The summed E-state index contributed by atoms with van der Waals surface area (Å²) in [6.07, 6.45) is 1.34. The van der Waals surface area contributed by atoms with Crippen molar-refractivity contribution < 1.29 is 13.2 Å². The van der Waals surface area contributed by atoms with E-state index in [1.807, 2.05) is 32.0 Å². The summed E-state index contributed by atoms with van der Waals surface area (Å²) in [5.74, 6) is -0.418. The number of rotatable bonds is 6. The van der Waals surface area contributed by atoms with Gasteiger partial charge in [0.25, 0.3) is 0 Å². The average Bonchev–Trinajstić information content (AvgIpc) is 2.53. The van der Waals surface area contributed by atoms with Crippen molar-refractivity contribution >= 4 is 50.5 Å². The van der Waals surface area contributed by atoms with Crippen molar-refractivity contribution in [1.82, 2.24) is 0 Å². The van der Waals surface area contributed by atoms with E-state index in [1.54, 1.807) is 6.92 Å². The maximum Gasteiger partial charge on any atom is 0.248 e. The Balaban J connectivity index is 2.42. The topological polar surface area (TPSA) is 66.5 Å². The van der Waals surface area contributed by atoms with Gasteiger partial charge in [0.2, 0.25) is 15.9 Å². The maximum absolute atomic E-state index is 12.9. The van der Waals surface area contributed by atoms with Crippen LogP contribution >= 0.6 is 23.2 Å². The molecular weight excluding hydrogens is 407 g/mol. The largest absolute Gasteiger partial charge is 0.324 e. The molecular formula is C19H22Cl2N2O3S. The SMILES string of the molecule is CC[C@H](C(=O)Nc1cc(C)cc(C)c1)N(c1ccc(Cl)c(Cl)c1)S(C)(=O)=O. The Morgan fingerprint density at radius 3 is 2.15 bits per heavy atom. The highest BCUT2D eigenvalue weighted by Gasteiger charge is 2.32. The van der Waals surface area contributed by atoms with Gasteiger partial charge >= 0.3 is 0 Å². The van der Waals surface area contributed by atoms with E-state index in [0.717, 1.165) is 21.7 Å². The number of carbonyl (C=O) groups is 1. The van der Waals surface area contributed by atoms with Gasteiger partial charge in [0, 0.05) is 5.69 Å². The van der Waals surface area contributed by atoms with Crippen LogP contribution in [-0.2, 0) is 14.8 Å². The number of benzene rings is 2. The summed E-state index contributed by atoms with van der Waals surface area (Å²) < 4.78 is 26.0. The van der Waals surface area contributed by atoms with Crippen LogP contribution in [0.5, 0.6) is 0 Å². The minimum atomic E-state index is -3.74. The van der Waals surface area contributed by atoms with E-state index >= 15 is 0 Å². The minimum Gasteiger partial charge on any atom is -0.324 e. The fourth-order valence-corrected chi connectivity index (χ4v) is 4.45. The highest BCUT2D eigenvalue weighted by atomic mass is 35.5. The number of nitrogens with one attached hydrogen (secondary N) is 1. The van der Waals surface area contributed by atoms with Crippen molar-refractivity contribution in [3.63, 3.8) is 0 Å². The normalized spacial score (nSPS) is 12.5. The van der Waals surface area contributed by atoms with Gasteiger partial charge in [-0.1, -0.05) is 36.2 Å². The van der Waals surface area contributed by atoms with Crippen LogP contribution in [0, 0.1) is 13.8 Å². The van der Waals surface area contributed by atoms with Crippen LogP contribution in [-0.4, -0.2) is 26.6 Å². The summed E-state index contributed by atoms with van der Waals surface area (Å²) in [7, 11) is -3.74. The first kappa shape index (κ1) is 21.5. The molecule has 0 saturated heterocycles. The zero-order valence-corrected chi connectivity index (χ0v) is 17.9. The summed E-state index contributed by atoms with van der Waals surface area (Å²) in [4.78, 5) is 12.9. The number of amides is 1. The first-order valence-corrected chi connectivity index (χ1v) is 11.0. The third kappa shape index (κ3) is 5.37. The maximum atomic E-state index is 12.9. The molecule has 0 heterocycles. The van der Waals surface area contributed by atoms with Crippen LogP contribution < -0.4 is 9.62 Å². The van der Waals surface area contributed by atoms with Crippen LogP contribution in [0.15, 0.2) is 36.4 Å². The van der Waals surface area contributed by atoms with Crippen molar-refractivity contribution in [3.8, 4) is 0 Å². The monoisotopic (exact) mass is 428 g/mol. The van der Waals surface area contributed by atoms with Crippen LogP contribution in [0.4, 0.5) is 11.4 Å². The number of hydrogen-bond acceptors (Lipinski definition) is 3. The molecule has 2 aromatic carbocycles. The van der Waals surface area contributed by atoms with Gasteiger partial charge in [-0.25, -0.2) is 8.42 Å². The van der Waals surface area contributed by atoms with E-state index in [0.29, 0.717) is 10.7 Å². The van der Waals surface area contributed by atoms with E-state index < -0.39 is 22.0 Å². The molecule has 2 aromatic rings. The summed E-state index contributed by atoms with van der Waals surface area (Å²) in [5, 5.41) is 3.34. The smallest absolute Gasteiger partial charge is 0.248 e. The van der Waals surface area contributed by atoms with Crippen molar-refractivity contribution in [1.29, 1.82) is 0 Å². The fourth-order valence-electron chi connectivity index (χ4n) is 2.95. The predicted octanol–water partition coefficient (Wildman–Crippen LogP) is 4.79. The number of aryl methyl sites for hydroxylation is 2. The van der Waals surface area contributed by atoms with Crippen LogP contribution in [0.25, 0.3) is 0 Å². The van der Waals surface area contributed by atoms with E-state index in [4.69, 9.17) is 23.2 Å². The van der Waals surface area contributed by atoms with Crippen molar-refractivity contribution in [2.45, 2.75) is 33.2 Å². The molecule has 0 fully saturated rings. The van der Waals surface area contributed by atoms with Gasteiger partial charge < -0.3 is 5.32 Å². The standard InChI is InChI=1S/C19H22Cl2N2O3S/c1-5-18(19(24)22-14-9-12(2)8-13(3)10-14)23(27(4,25)26)15-6-7-16(20)17(21)11-15/h6-11,18H,5H2,1-4H3,(H,22,24)/t18-/m1/s1. The third-order valence-electron chi connectivity index (χ3n) is 3.98. The zero-order chi connectivity index (χ0) is 20.4. The summed E-state index contributed by atoms with van der Waals surface area (Å²) >= 11 is 12.0. The lowest BCUT2D eigenvalue weighted by Gasteiger charge is -2.30.